The van der Waals surface area contributed by atoms with Gasteiger partial charge >= 0.3 is 11.9 Å². The third kappa shape index (κ3) is 5.37. The minimum atomic E-state index is -0.907. The summed E-state index contributed by atoms with van der Waals surface area (Å²) < 4.78 is 7.91. The lowest BCUT2D eigenvalue weighted by atomic mass is 9.87. The fourth-order valence-corrected chi connectivity index (χ4v) is 5.59. The molecule has 2 atom stereocenters. The lowest BCUT2D eigenvalue weighted by Crippen LogP contribution is -2.49. The van der Waals surface area contributed by atoms with E-state index in [1.54, 1.807) is 0 Å². The van der Waals surface area contributed by atoms with Gasteiger partial charge in [-0.25, -0.2) is 9.78 Å². The number of para-hydroxylation sites is 2. The van der Waals surface area contributed by atoms with E-state index in [1.807, 2.05) is 80.9 Å². The predicted molar refractivity (Wildman–Crippen MR) is 155 cm³/mol. The van der Waals surface area contributed by atoms with Gasteiger partial charge in [0.25, 0.3) is 0 Å². The molecule has 3 N–H and O–H groups in total. The molecule has 0 amide bonds. The Morgan fingerprint density at radius 3 is 2.10 bits per heavy atom. The number of nitrogens with one attached hydrogen (secondary N) is 2. The number of carboxylic acid groups (broad SMARTS) is 1. The van der Waals surface area contributed by atoms with Gasteiger partial charge in [-0.05, 0) is 39.8 Å². The second-order valence-electron chi connectivity index (χ2n) is 11.4. The van der Waals surface area contributed by atoms with Crippen LogP contribution < -0.4 is 10.6 Å². The minimum absolute atomic E-state index is 0.0535. The van der Waals surface area contributed by atoms with Gasteiger partial charge in [0.1, 0.15) is 18.5 Å². The highest BCUT2D eigenvalue weighted by atomic mass is 16.5. The standard InChI is InChI=1S/C32H36N4O4/c1-32(2,3)28(30(37)38)34-18-17-33-27(29-35-25-15-9-10-16-26(25)36(29)4)31(39)40-19-24-22-13-7-5-11-20(22)21-12-6-8-14-23(21)24/h5-16,24,27-28,33-34H,17-19H2,1-4H3,(H,37,38)/t27?,28-/m1/s1. The van der Waals surface area contributed by atoms with Gasteiger partial charge in [0.2, 0.25) is 0 Å². The van der Waals surface area contributed by atoms with Crippen LogP contribution in [0.2, 0.25) is 0 Å². The molecule has 208 valence electrons. The Balaban J connectivity index is 1.35. The maximum absolute atomic E-state index is 13.7. The molecule has 1 heterocycles. The van der Waals surface area contributed by atoms with E-state index in [1.165, 1.54) is 11.1 Å². The van der Waals surface area contributed by atoms with Crippen LogP contribution in [0.4, 0.5) is 0 Å². The number of esters is 1. The van der Waals surface area contributed by atoms with Crippen LogP contribution in [0.25, 0.3) is 22.2 Å². The third-order valence-electron chi connectivity index (χ3n) is 7.61. The van der Waals surface area contributed by atoms with Gasteiger partial charge in [-0.2, -0.15) is 0 Å². The van der Waals surface area contributed by atoms with Crippen molar-refractivity contribution in [3.05, 3.63) is 89.7 Å². The lowest BCUT2D eigenvalue weighted by molar-refractivity contribution is -0.147. The van der Waals surface area contributed by atoms with Crippen LogP contribution in [0, 0.1) is 5.41 Å². The van der Waals surface area contributed by atoms with Gasteiger partial charge in [0, 0.05) is 26.1 Å². The maximum Gasteiger partial charge on any atom is 0.331 e. The zero-order valence-corrected chi connectivity index (χ0v) is 23.3. The molecular formula is C32H36N4O4. The number of aryl methyl sites for hydroxylation is 1. The first-order valence-corrected chi connectivity index (χ1v) is 13.6. The molecule has 0 spiro atoms. The Bertz CT molecular complexity index is 1490. The Morgan fingerprint density at radius 1 is 0.925 bits per heavy atom. The topological polar surface area (TPSA) is 105 Å². The van der Waals surface area contributed by atoms with Gasteiger partial charge in [0.05, 0.1) is 11.0 Å². The first-order chi connectivity index (χ1) is 19.2. The number of aliphatic carboxylic acids is 1. The second-order valence-corrected chi connectivity index (χ2v) is 11.4. The number of aromatic nitrogens is 2. The summed E-state index contributed by atoms with van der Waals surface area (Å²) in [6.45, 7) is 6.54. The zero-order valence-electron chi connectivity index (χ0n) is 23.3. The van der Waals surface area contributed by atoms with Crippen LogP contribution in [0.15, 0.2) is 72.8 Å². The normalized spacial score (nSPS) is 14.5. The van der Waals surface area contributed by atoms with Crippen LogP contribution in [0.1, 0.15) is 49.7 Å². The van der Waals surface area contributed by atoms with Crippen LogP contribution in [-0.2, 0) is 21.4 Å². The monoisotopic (exact) mass is 540 g/mol. The lowest BCUT2D eigenvalue weighted by Gasteiger charge is -2.28. The molecule has 8 heteroatoms. The highest BCUT2D eigenvalue weighted by molar-refractivity contribution is 5.82. The van der Waals surface area contributed by atoms with Gasteiger partial charge < -0.3 is 19.7 Å². The molecule has 0 radical (unpaired) electrons. The highest BCUT2D eigenvalue weighted by Crippen LogP contribution is 2.44. The van der Waals surface area contributed by atoms with Crippen LogP contribution in [0.3, 0.4) is 0 Å². The molecule has 8 nitrogen and oxygen atoms in total. The molecule has 3 aromatic carbocycles. The van der Waals surface area contributed by atoms with Crippen molar-refractivity contribution in [1.82, 2.24) is 20.2 Å². The Labute approximate surface area is 234 Å². The summed E-state index contributed by atoms with van der Waals surface area (Å²) in [6.07, 6.45) is 0. The molecule has 5 rings (SSSR count). The Hall–Kier alpha value is -4.01. The third-order valence-corrected chi connectivity index (χ3v) is 7.61. The SMILES string of the molecule is Cn1c(C(NCCN[C@H](C(=O)O)C(C)(C)C)C(=O)OCC2c3ccccc3-c3ccccc32)nc2ccccc21. The van der Waals surface area contributed by atoms with E-state index in [2.05, 4.69) is 34.9 Å². The zero-order chi connectivity index (χ0) is 28.4. The van der Waals surface area contributed by atoms with E-state index < -0.39 is 29.4 Å². The smallest absolute Gasteiger partial charge is 0.331 e. The number of carbonyl (C=O) groups excluding carboxylic acids is 1. The molecule has 4 aromatic rings. The van der Waals surface area contributed by atoms with Crippen LogP contribution in [-0.4, -0.2) is 52.3 Å². The molecule has 1 unspecified atom stereocenters. The average Bonchev–Trinajstić information content (AvgIpc) is 3.43. The summed E-state index contributed by atoms with van der Waals surface area (Å²) in [7, 11) is 1.88. The van der Waals surface area contributed by atoms with Gasteiger partial charge in [-0.1, -0.05) is 81.4 Å². The molecule has 0 saturated heterocycles. The number of rotatable bonds is 10. The summed E-state index contributed by atoms with van der Waals surface area (Å²) >= 11 is 0. The molecule has 0 fully saturated rings. The minimum Gasteiger partial charge on any atom is -0.480 e. The van der Waals surface area contributed by atoms with Crippen LogP contribution in [0.5, 0.6) is 0 Å². The first-order valence-electron chi connectivity index (χ1n) is 13.6. The summed E-state index contributed by atoms with van der Waals surface area (Å²) in [5, 5.41) is 16.0. The predicted octanol–water partition coefficient (Wildman–Crippen LogP) is 4.65. The quantitative estimate of drug-likeness (QED) is 0.199. The number of fused-ring (bicyclic) bond motifs is 4. The molecule has 1 aromatic heterocycles. The first kappa shape index (κ1) is 27.6. The molecule has 0 aliphatic heterocycles. The molecule has 0 bridgehead atoms. The summed E-state index contributed by atoms with van der Waals surface area (Å²) in [5.41, 5.74) is 5.87. The number of hydrogen-bond acceptors (Lipinski definition) is 6. The van der Waals surface area contributed by atoms with E-state index in [9.17, 15) is 14.7 Å². The molecule has 1 aliphatic rings. The summed E-state index contributed by atoms with van der Waals surface area (Å²) in [4.78, 5) is 30.2. The van der Waals surface area contributed by atoms with Crippen molar-refractivity contribution >= 4 is 23.0 Å². The summed E-state index contributed by atoms with van der Waals surface area (Å²) in [5.74, 6) is -0.840. The van der Waals surface area contributed by atoms with Gasteiger partial charge in [0.15, 0.2) is 6.04 Å². The number of hydrogen-bond donors (Lipinski definition) is 3. The van der Waals surface area contributed by atoms with E-state index in [-0.39, 0.29) is 12.5 Å². The van der Waals surface area contributed by atoms with Crippen LogP contribution >= 0.6 is 0 Å². The van der Waals surface area contributed by atoms with Gasteiger partial charge in [-0.15, -0.1) is 0 Å². The van der Waals surface area contributed by atoms with E-state index in [4.69, 9.17) is 9.72 Å². The molecule has 1 aliphatic carbocycles. The maximum atomic E-state index is 13.7. The van der Waals surface area contributed by atoms with Crippen molar-refractivity contribution in [3.63, 3.8) is 0 Å². The molecule has 0 saturated carbocycles. The second kappa shape index (κ2) is 11.2. The fraction of sp³-hybridized carbons (Fsp3) is 0.344. The summed E-state index contributed by atoms with van der Waals surface area (Å²) in [6, 6.07) is 22.6. The van der Waals surface area contributed by atoms with Crippen molar-refractivity contribution in [3.8, 4) is 11.1 Å². The average molecular weight is 541 g/mol. The fourth-order valence-electron chi connectivity index (χ4n) is 5.59. The van der Waals surface area contributed by atoms with Crippen molar-refractivity contribution in [2.45, 2.75) is 38.8 Å². The van der Waals surface area contributed by atoms with Crippen molar-refractivity contribution in [2.24, 2.45) is 12.5 Å². The van der Waals surface area contributed by atoms with E-state index in [0.717, 1.165) is 22.2 Å². The largest absolute Gasteiger partial charge is 0.480 e. The number of benzene rings is 3. The number of carboxylic acids is 1. The van der Waals surface area contributed by atoms with Crippen molar-refractivity contribution < 1.29 is 19.4 Å². The number of imidazole rings is 1. The van der Waals surface area contributed by atoms with E-state index >= 15 is 0 Å². The Morgan fingerprint density at radius 2 is 1.50 bits per heavy atom. The van der Waals surface area contributed by atoms with Crippen molar-refractivity contribution in [1.29, 1.82) is 0 Å². The van der Waals surface area contributed by atoms with Crippen molar-refractivity contribution in [2.75, 3.05) is 19.7 Å². The number of nitrogens with zero attached hydrogens (tertiary/aromatic N) is 2. The highest BCUT2D eigenvalue weighted by Gasteiger charge is 2.33. The number of ether oxygens (including phenoxy) is 1. The van der Waals surface area contributed by atoms with Gasteiger partial charge in [-0.3, -0.25) is 10.1 Å². The number of carbonyl (C=O) groups is 2. The Kier molecular flexibility index (Phi) is 7.74. The van der Waals surface area contributed by atoms with E-state index in [0.29, 0.717) is 18.9 Å². The molecular weight excluding hydrogens is 504 g/mol. The molecule has 40 heavy (non-hydrogen) atoms.